The largest absolute Gasteiger partial charge is 0.494 e. The van der Waals surface area contributed by atoms with Gasteiger partial charge in [-0.25, -0.2) is 0 Å². The highest BCUT2D eigenvalue weighted by molar-refractivity contribution is 5.63. The number of hydrogen-bond donors (Lipinski definition) is 4. The number of benzene rings is 1. The number of anilines is 1. The van der Waals surface area contributed by atoms with E-state index in [4.69, 9.17) is 4.74 Å². The summed E-state index contributed by atoms with van der Waals surface area (Å²) in [6.45, 7) is -0.172. The third kappa shape index (κ3) is 3.83. The van der Waals surface area contributed by atoms with E-state index in [1.807, 2.05) is 0 Å². The van der Waals surface area contributed by atoms with Gasteiger partial charge >= 0.3 is 0 Å². The van der Waals surface area contributed by atoms with Gasteiger partial charge in [-0.15, -0.1) is 0 Å². The Hall–Kier alpha value is -2.94. The maximum atomic E-state index is 10.8. The fourth-order valence-electron chi connectivity index (χ4n) is 2.05. The molecular weight excluding hydrogens is 306 g/mol. The molecule has 0 fully saturated rings. The molecule has 2 rings (SSSR count). The number of ether oxygens (including phenoxy) is 1. The Balaban J connectivity index is 1.99. The molecule has 1 heterocycles. The average Bonchev–Trinajstić information content (AvgIpc) is 2.84. The van der Waals surface area contributed by atoms with Crippen LogP contribution in [0.5, 0.6) is 17.5 Å². The zero-order valence-corrected chi connectivity index (χ0v) is 12.3. The summed E-state index contributed by atoms with van der Waals surface area (Å²) in [6, 6.07) is 6.79. The second kappa shape index (κ2) is 6.88. The Morgan fingerprint density at radius 3 is 2.52 bits per heavy atom. The van der Waals surface area contributed by atoms with Gasteiger partial charge in [-0.05, 0) is 6.07 Å². The van der Waals surface area contributed by atoms with Gasteiger partial charge in [-0.3, -0.25) is 14.7 Å². The third-order valence-corrected chi connectivity index (χ3v) is 3.20. The first kappa shape index (κ1) is 16.4. The predicted octanol–water partition coefficient (Wildman–Crippen LogP) is 1.29. The van der Waals surface area contributed by atoms with Crippen LogP contribution in [-0.4, -0.2) is 44.6 Å². The van der Waals surface area contributed by atoms with Crippen molar-refractivity contribution in [1.82, 2.24) is 4.57 Å². The zero-order chi connectivity index (χ0) is 17.0. The van der Waals surface area contributed by atoms with Crippen molar-refractivity contribution in [2.24, 2.45) is 0 Å². The van der Waals surface area contributed by atoms with Crippen LogP contribution in [0.2, 0.25) is 0 Å². The number of aromatic hydroxyl groups is 2. The van der Waals surface area contributed by atoms with Gasteiger partial charge < -0.3 is 25.4 Å². The van der Waals surface area contributed by atoms with Gasteiger partial charge in [0.2, 0.25) is 0 Å². The van der Waals surface area contributed by atoms with Crippen molar-refractivity contribution in [3.05, 3.63) is 40.4 Å². The van der Waals surface area contributed by atoms with Gasteiger partial charge in [0.05, 0.1) is 11.5 Å². The lowest BCUT2D eigenvalue weighted by atomic mass is 10.2. The summed E-state index contributed by atoms with van der Waals surface area (Å²) in [5.41, 5.74) is 0.213. The lowest BCUT2D eigenvalue weighted by Gasteiger charge is -2.15. The predicted molar refractivity (Wildman–Crippen MR) is 81.9 cm³/mol. The van der Waals surface area contributed by atoms with Gasteiger partial charge in [0.15, 0.2) is 11.8 Å². The Morgan fingerprint density at radius 1 is 1.30 bits per heavy atom. The number of nitrogens with one attached hydrogen (secondary N) is 1. The van der Waals surface area contributed by atoms with E-state index in [1.54, 1.807) is 7.05 Å². The molecule has 23 heavy (non-hydrogen) atoms. The summed E-state index contributed by atoms with van der Waals surface area (Å²) in [5, 5.41) is 42.4. The van der Waals surface area contributed by atoms with Gasteiger partial charge in [-0.2, -0.15) is 0 Å². The lowest BCUT2D eigenvalue weighted by molar-refractivity contribution is -0.384. The van der Waals surface area contributed by atoms with E-state index in [9.17, 15) is 25.4 Å². The van der Waals surface area contributed by atoms with Gasteiger partial charge in [0.25, 0.3) is 5.69 Å². The Labute approximate surface area is 131 Å². The standard InChI is InChI=1S/C14H17N3O6/c1-15-11-6-10(2-3-12(11)17(21)22)23-8-9(18)7-16-13(19)4-5-14(16)20/h2-6,9,15,18-20H,7-8H2,1H3. The van der Waals surface area contributed by atoms with Crippen LogP contribution >= 0.6 is 0 Å². The number of aliphatic hydroxyl groups is 1. The van der Waals surface area contributed by atoms with Gasteiger partial charge in [0, 0.05) is 31.3 Å². The highest BCUT2D eigenvalue weighted by Gasteiger charge is 2.15. The average molecular weight is 323 g/mol. The van der Waals surface area contributed by atoms with Crippen molar-refractivity contribution in [1.29, 1.82) is 0 Å². The molecule has 4 N–H and O–H groups in total. The molecule has 0 bridgehead atoms. The first-order valence-electron chi connectivity index (χ1n) is 6.77. The minimum Gasteiger partial charge on any atom is -0.494 e. The van der Waals surface area contributed by atoms with E-state index in [-0.39, 0.29) is 30.6 Å². The molecular formula is C14H17N3O6. The Kier molecular flexibility index (Phi) is 4.91. The molecule has 0 aliphatic rings. The molecule has 0 radical (unpaired) electrons. The highest BCUT2D eigenvalue weighted by atomic mass is 16.6. The summed E-state index contributed by atoms with van der Waals surface area (Å²) in [4.78, 5) is 10.3. The van der Waals surface area contributed by atoms with Crippen LogP contribution < -0.4 is 10.1 Å². The minimum atomic E-state index is -0.993. The molecule has 2 aromatic rings. The molecule has 0 aliphatic heterocycles. The molecule has 1 aromatic carbocycles. The maximum absolute atomic E-state index is 10.8. The fraction of sp³-hybridized carbons (Fsp3) is 0.286. The van der Waals surface area contributed by atoms with Crippen LogP contribution in [-0.2, 0) is 6.54 Å². The molecule has 124 valence electrons. The van der Waals surface area contributed by atoms with E-state index < -0.39 is 11.0 Å². The van der Waals surface area contributed by atoms with E-state index in [0.29, 0.717) is 11.4 Å². The number of rotatable bonds is 7. The quantitative estimate of drug-likeness (QED) is 0.446. The molecule has 0 spiro atoms. The first-order valence-corrected chi connectivity index (χ1v) is 6.77. The summed E-state index contributed by atoms with van der Waals surface area (Å²) in [5.74, 6) is 0.00339. The molecule has 0 saturated heterocycles. The zero-order valence-electron chi connectivity index (χ0n) is 12.3. The van der Waals surface area contributed by atoms with Crippen molar-refractivity contribution in [3.8, 4) is 17.5 Å². The van der Waals surface area contributed by atoms with Crippen molar-refractivity contribution < 1.29 is 25.0 Å². The Morgan fingerprint density at radius 2 is 1.96 bits per heavy atom. The van der Waals surface area contributed by atoms with Crippen LogP contribution in [0.4, 0.5) is 11.4 Å². The van der Waals surface area contributed by atoms with Crippen molar-refractivity contribution in [2.45, 2.75) is 12.6 Å². The molecule has 0 amide bonds. The van der Waals surface area contributed by atoms with E-state index in [2.05, 4.69) is 5.32 Å². The van der Waals surface area contributed by atoms with Crippen molar-refractivity contribution >= 4 is 11.4 Å². The number of nitro benzene ring substituents is 1. The fourth-order valence-corrected chi connectivity index (χ4v) is 2.05. The van der Waals surface area contributed by atoms with Crippen molar-refractivity contribution in [3.63, 3.8) is 0 Å². The van der Waals surface area contributed by atoms with Gasteiger partial charge in [-0.1, -0.05) is 0 Å². The molecule has 9 heteroatoms. The smallest absolute Gasteiger partial charge is 0.292 e. The molecule has 1 aromatic heterocycles. The molecule has 0 saturated carbocycles. The molecule has 1 atom stereocenters. The monoisotopic (exact) mass is 323 g/mol. The number of nitro groups is 1. The van der Waals surface area contributed by atoms with Gasteiger partial charge in [0.1, 0.15) is 24.1 Å². The van der Waals surface area contributed by atoms with E-state index in [1.165, 1.54) is 30.3 Å². The summed E-state index contributed by atoms with van der Waals surface area (Å²) in [6.07, 6.45) is -0.993. The topological polar surface area (TPSA) is 130 Å². The second-order valence-corrected chi connectivity index (χ2v) is 4.81. The first-order chi connectivity index (χ1) is 10.9. The number of nitrogens with zero attached hydrogens (tertiary/aromatic N) is 2. The normalized spacial score (nSPS) is 11.9. The van der Waals surface area contributed by atoms with Crippen LogP contribution in [0.3, 0.4) is 0 Å². The third-order valence-electron chi connectivity index (χ3n) is 3.20. The summed E-state index contributed by atoms with van der Waals surface area (Å²) >= 11 is 0. The van der Waals surface area contributed by atoms with E-state index in [0.717, 1.165) is 4.57 Å². The summed E-state index contributed by atoms with van der Waals surface area (Å²) in [7, 11) is 1.55. The minimum absolute atomic E-state index is 0.0590. The second-order valence-electron chi connectivity index (χ2n) is 4.81. The lowest BCUT2D eigenvalue weighted by Crippen LogP contribution is -2.23. The van der Waals surface area contributed by atoms with E-state index >= 15 is 0 Å². The Bertz CT molecular complexity index is 680. The van der Waals surface area contributed by atoms with Crippen molar-refractivity contribution in [2.75, 3.05) is 19.0 Å². The van der Waals surface area contributed by atoms with Crippen LogP contribution in [0.25, 0.3) is 0 Å². The summed E-state index contributed by atoms with van der Waals surface area (Å²) < 4.78 is 6.51. The molecule has 9 nitrogen and oxygen atoms in total. The molecule has 0 aliphatic carbocycles. The number of aromatic nitrogens is 1. The maximum Gasteiger partial charge on any atom is 0.292 e. The molecule has 1 unspecified atom stereocenters. The SMILES string of the molecule is CNc1cc(OCC(O)Cn2c(O)ccc2O)ccc1[N+](=O)[O-]. The number of aliphatic hydroxyl groups excluding tert-OH is 1. The van der Waals surface area contributed by atoms with Crippen LogP contribution in [0, 0.1) is 10.1 Å². The highest BCUT2D eigenvalue weighted by Crippen LogP contribution is 2.28. The van der Waals surface area contributed by atoms with Crippen LogP contribution in [0.1, 0.15) is 0 Å². The van der Waals surface area contributed by atoms with Crippen LogP contribution in [0.15, 0.2) is 30.3 Å². The number of hydrogen-bond acceptors (Lipinski definition) is 7.